The molecular formula is C23H26N4O3S. The maximum absolute atomic E-state index is 13.0. The third kappa shape index (κ3) is 4.39. The Morgan fingerprint density at radius 2 is 2.03 bits per heavy atom. The minimum Gasteiger partial charge on any atom is -0.462 e. The fraction of sp³-hybridized carbons (Fsp3) is 0.391. The van der Waals surface area contributed by atoms with Crippen LogP contribution in [-0.4, -0.2) is 29.3 Å². The van der Waals surface area contributed by atoms with Gasteiger partial charge in [-0.15, -0.1) is 0 Å². The summed E-state index contributed by atoms with van der Waals surface area (Å²) in [7, 11) is 0. The monoisotopic (exact) mass is 438 g/mol. The average molecular weight is 439 g/mol. The van der Waals surface area contributed by atoms with Crippen LogP contribution < -0.4 is 10.6 Å². The summed E-state index contributed by atoms with van der Waals surface area (Å²) in [6.45, 7) is 8.06. The number of Topliss-reactive ketones (excluding diaryl/α,β-unsaturated/α-hetero) is 1. The van der Waals surface area contributed by atoms with Crippen LogP contribution in [0.4, 0.5) is 5.13 Å². The lowest BCUT2D eigenvalue weighted by molar-refractivity contribution is -0.118. The lowest BCUT2D eigenvalue weighted by Gasteiger charge is -2.37. The van der Waals surface area contributed by atoms with Gasteiger partial charge in [-0.2, -0.15) is 0 Å². The van der Waals surface area contributed by atoms with E-state index in [0.717, 1.165) is 23.3 Å². The molecule has 1 aliphatic carbocycles. The maximum Gasteiger partial charge on any atom is 0.350 e. The van der Waals surface area contributed by atoms with E-state index < -0.39 is 0 Å². The number of benzene rings is 1. The van der Waals surface area contributed by atoms with E-state index in [1.54, 1.807) is 13.8 Å². The lowest BCUT2D eigenvalue weighted by Crippen LogP contribution is -2.41. The van der Waals surface area contributed by atoms with Gasteiger partial charge in [0.1, 0.15) is 10.9 Å². The Kier molecular flexibility index (Phi) is 5.66. The van der Waals surface area contributed by atoms with E-state index >= 15 is 0 Å². The van der Waals surface area contributed by atoms with E-state index in [1.807, 2.05) is 30.3 Å². The molecular weight excluding hydrogens is 412 g/mol. The number of nitrogens with zero attached hydrogens (tertiary/aromatic N) is 2. The second-order valence-corrected chi connectivity index (χ2v) is 9.53. The summed E-state index contributed by atoms with van der Waals surface area (Å²) < 4.78 is 5.11. The summed E-state index contributed by atoms with van der Waals surface area (Å²) in [6.07, 6.45) is 1.26. The van der Waals surface area contributed by atoms with Crippen molar-refractivity contribution in [2.75, 3.05) is 11.9 Å². The number of allylic oxidation sites excluding steroid dienone is 1. The van der Waals surface area contributed by atoms with Gasteiger partial charge in [-0.25, -0.2) is 14.8 Å². The molecule has 0 spiro atoms. The number of carbonyl (C=O) groups excluding carboxylic acids is 2. The van der Waals surface area contributed by atoms with Crippen molar-refractivity contribution in [2.45, 2.75) is 46.6 Å². The van der Waals surface area contributed by atoms with Crippen LogP contribution in [-0.2, 0) is 9.53 Å². The van der Waals surface area contributed by atoms with E-state index in [9.17, 15) is 9.59 Å². The van der Waals surface area contributed by atoms with E-state index in [0.29, 0.717) is 34.7 Å². The first-order chi connectivity index (χ1) is 14.8. The van der Waals surface area contributed by atoms with E-state index in [1.165, 1.54) is 11.3 Å². The van der Waals surface area contributed by atoms with Crippen molar-refractivity contribution < 1.29 is 14.3 Å². The van der Waals surface area contributed by atoms with Crippen LogP contribution in [0, 0.1) is 12.3 Å². The van der Waals surface area contributed by atoms with Gasteiger partial charge in [0.05, 0.1) is 12.3 Å². The summed E-state index contributed by atoms with van der Waals surface area (Å²) in [5, 5.41) is 7.07. The Balaban J connectivity index is 1.67. The number of thiazole rings is 1. The zero-order chi connectivity index (χ0) is 22.2. The number of aromatic nitrogens is 1. The summed E-state index contributed by atoms with van der Waals surface area (Å²) in [5.41, 5.74) is 3.08. The number of rotatable bonds is 4. The highest BCUT2D eigenvalue weighted by Gasteiger charge is 2.39. The van der Waals surface area contributed by atoms with Gasteiger partial charge >= 0.3 is 5.97 Å². The van der Waals surface area contributed by atoms with Gasteiger partial charge in [0.2, 0.25) is 5.96 Å². The average Bonchev–Trinajstić information content (AvgIpc) is 3.07. The van der Waals surface area contributed by atoms with Crippen molar-refractivity contribution in [1.29, 1.82) is 0 Å². The van der Waals surface area contributed by atoms with Crippen LogP contribution in [0.25, 0.3) is 0 Å². The molecule has 1 aromatic carbocycles. The standard InChI is InChI=1S/C23H26N4O3S/c1-5-30-20(29)19-13(2)24-22(31-19)27-21-25-15-11-23(3,4)12-16(28)17(15)18(26-21)14-9-7-6-8-10-14/h6-10,18H,5,11-12H2,1-4H3,(H2,24,25,26,27). The van der Waals surface area contributed by atoms with Crippen LogP contribution >= 0.6 is 11.3 Å². The van der Waals surface area contributed by atoms with Gasteiger partial charge in [0.25, 0.3) is 0 Å². The molecule has 2 N–H and O–H groups in total. The largest absolute Gasteiger partial charge is 0.462 e. The number of aryl methyl sites for hydroxylation is 1. The Labute approximate surface area is 185 Å². The van der Waals surface area contributed by atoms with Crippen molar-refractivity contribution in [1.82, 2.24) is 10.3 Å². The quantitative estimate of drug-likeness (QED) is 0.688. The first-order valence-corrected chi connectivity index (χ1v) is 11.2. The van der Waals surface area contributed by atoms with Gasteiger partial charge in [0.15, 0.2) is 10.9 Å². The van der Waals surface area contributed by atoms with E-state index in [2.05, 4.69) is 29.5 Å². The molecule has 7 nitrogen and oxygen atoms in total. The molecule has 1 atom stereocenters. The third-order valence-corrected chi connectivity index (χ3v) is 6.37. The molecule has 8 heteroatoms. The molecule has 2 aromatic rings. The highest BCUT2D eigenvalue weighted by molar-refractivity contribution is 7.17. The number of aliphatic imine (C=N–C) groups is 1. The molecule has 0 radical (unpaired) electrons. The maximum atomic E-state index is 13.0. The highest BCUT2D eigenvalue weighted by atomic mass is 32.1. The number of anilines is 1. The number of guanidine groups is 1. The molecule has 1 unspecified atom stereocenters. The molecule has 1 aromatic heterocycles. The lowest BCUT2D eigenvalue weighted by atomic mass is 9.73. The molecule has 1 aliphatic heterocycles. The summed E-state index contributed by atoms with van der Waals surface area (Å²) >= 11 is 1.23. The topological polar surface area (TPSA) is 92.7 Å². The Hall–Kier alpha value is -3.00. The minimum atomic E-state index is -0.380. The van der Waals surface area contributed by atoms with Crippen LogP contribution in [0.3, 0.4) is 0 Å². The molecule has 2 aliphatic rings. The summed E-state index contributed by atoms with van der Waals surface area (Å²) in [5.74, 6) is 0.267. The predicted molar refractivity (Wildman–Crippen MR) is 121 cm³/mol. The number of nitrogens with one attached hydrogen (secondary N) is 2. The third-order valence-electron chi connectivity index (χ3n) is 5.32. The molecule has 0 saturated carbocycles. The van der Waals surface area contributed by atoms with E-state index in [4.69, 9.17) is 9.73 Å². The normalized spacial score (nSPS) is 19.9. The molecule has 0 fully saturated rings. The number of ether oxygens (including phenoxy) is 1. The Bertz CT molecular complexity index is 1090. The number of esters is 1. The van der Waals surface area contributed by atoms with Crippen molar-refractivity contribution >= 4 is 34.2 Å². The molecule has 4 rings (SSSR count). The van der Waals surface area contributed by atoms with Crippen molar-refractivity contribution in [3.8, 4) is 0 Å². The second kappa shape index (κ2) is 8.26. The van der Waals surface area contributed by atoms with Crippen molar-refractivity contribution in [3.63, 3.8) is 0 Å². The smallest absolute Gasteiger partial charge is 0.350 e. The summed E-state index contributed by atoms with van der Waals surface area (Å²) in [4.78, 5) is 34.9. The number of hydrogen-bond donors (Lipinski definition) is 2. The van der Waals surface area contributed by atoms with Gasteiger partial charge in [-0.1, -0.05) is 55.5 Å². The minimum absolute atomic E-state index is 0.124. The van der Waals surface area contributed by atoms with Gasteiger partial charge in [0, 0.05) is 17.7 Å². The zero-order valence-electron chi connectivity index (χ0n) is 18.1. The van der Waals surface area contributed by atoms with E-state index in [-0.39, 0.29) is 23.2 Å². The van der Waals surface area contributed by atoms with Crippen LogP contribution in [0.1, 0.15) is 60.6 Å². The fourth-order valence-corrected chi connectivity index (χ4v) is 4.87. The molecule has 0 saturated heterocycles. The summed E-state index contributed by atoms with van der Waals surface area (Å²) in [6, 6.07) is 9.45. The number of carbonyl (C=O) groups is 2. The first kappa shape index (κ1) is 21.2. The first-order valence-electron chi connectivity index (χ1n) is 10.3. The fourth-order valence-electron chi connectivity index (χ4n) is 4.01. The van der Waals surface area contributed by atoms with Gasteiger partial charge in [-0.3, -0.25) is 4.79 Å². The van der Waals surface area contributed by atoms with Crippen molar-refractivity contribution in [2.24, 2.45) is 10.4 Å². The molecule has 2 heterocycles. The number of ketones is 1. The van der Waals surface area contributed by atoms with Gasteiger partial charge in [-0.05, 0) is 31.2 Å². The molecule has 0 amide bonds. The number of hydrogen-bond acceptors (Lipinski definition) is 8. The van der Waals surface area contributed by atoms with Crippen LogP contribution in [0.5, 0.6) is 0 Å². The molecule has 0 bridgehead atoms. The highest BCUT2D eigenvalue weighted by Crippen LogP contribution is 2.43. The zero-order valence-corrected chi connectivity index (χ0v) is 18.9. The van der Waals surface area contributed by atoms with Crippen LogP contribution in [0.2, 0.25) is 0 Å². The SMILES string of the molecule is CCOC(=O)c1sc(NC2=NC(c3ccccc3)C3=C(CC(C)(C)CC3=O)N2)nc1C. The second-order valence-electron chi connectivity index (χ2n) is 8.53. The van der Waals surface area contributed by atoms with Gasteiger partial charge < -0.3 is 15.4 Å². The Morgan fingerprint density at radius 1 is 1.29 bits per heavy atom. The Morgan fingerprint density at radius 3 is 2.74 bits per heavy atom. The van der Waals surface area contributed by atoms with Crippen molar-refractivity contribution in [3.05, 3.63) is 57.7 Å². The molecule has 162 valence electrons. The predicted octanol–water partition coefficient (Wildman–Crippen LogP) is 4.38. The van der Waals surface area contributed by atoms with Crippen LogP contribution in [0.15, 0.2) is 46.6 Å². The molecule has 31 heavy (non-hydrogen) atoms.